The number of amides is 2. The minimum Gasteiger partial charge on any atom is -0.479 e. The molecule has 1 heterocycles. The van der Waals surface area contributed by atoms with Crippen molar-refractivity contribution in [2.75, 3.05) is 13.2 Å². The highest BCUT2D eigenvalue weighted by Crippen LogP contribution is 2.25. The third kappa shape index (κ3) is 2.63. The van der Waals surface area contributed by atoms with Crippen LogP contribution in [0.15, 0.2) is 24.3 Å². The maximum absolute atomic E-state index is 12.5. The third-order valence-corrected chi connectivity index (χ3v) is 3.86. The van der Waals surface area contributed by atoms with Gasteiger partial charge in [0.05, 0.1) is 17.7 Å². The summed E-state index contributed by atoms with van der Waals surface area (Å²) in [6, 6.07) is 6.21. The lowest BCUT2D eigenvalue weighted by Gasteiger charge is -2.27. The first kappa shape index (κ1) is 16.8. The SMILES string of the molecule is CCOC(CC)(C(=O)O)C(=O)CN1C(=O)c2ccccc2C1=O. The van der Waals surface area contributed by atoms with E-state index in [9.17, 15) is 24.3 Å². The van der Waals surface area contributed by atoms with Crippen LogP contribution < -0.4 is 0 Å². The summed E-state index contributed by atoms with van der Waals surface area (Å²) in [4.78, 5) is 49.2. The zero-order valence-electron chi connectivity index (χ0n) is 12.9. The van der Waals surface area contributed by atoms with Gasteiger partial charge in [0.2, 0.25) is 5.60 Å². The number of aliphatic carboxylic acids is 1. The number of rotatable bonds is 7. The van der Waals surface area contributed by atoms with Crippen LogP contribution in [-0.2, 0) is 14.3 Å². The summed E-state index contributed by atoms with van der Waals surface area (Å²) in [6.45, 7) is 2.47. The topological polar surface area (TPSA) is 101 Å². The Morgan fingerprint density at radius 2 is 1.65 bits per heavy atom. The molecule has 1 N–H and O–H groups in total. The smallest absolute Gasteiger partial charge is 0.343 e. The van der Waals surface area contributed by atoms with Gasteiger partial charge >= 0.3 is 5.97 Å². The Morgan fingerprint density at radius 1 is 1.13 bits per heavy atom. The van der Waals surface area contributed by atoms with Gasteiger partial charge in [-0.2, -0.15) is 0 Å². The molecule has 1 aliphatic rings. The lowest BCUT2D eigenvalue weighted by molar-refractivity contribution is -0.172. The number of imide groups is 1. The number of hydrogen-bond donors (Lipinski definition) is 1. The number of fused-ring (bicyclic) bond motifs is 1. The van der Waals surface area contributed by atoms with Gasteiger partial charge in [0.25, 0.3) is 11.8 Å². The number of carboxylic acid groups (broad SMARTS) is 1. The van der Waals surface area contributed by atoms with E-state index in [2.05, 4.69) is 0 Å². The fourth-order valence-corrected chi connectivity index (χ4v) is 2.61. The third-order valence-electron chi connectivity index (χ3n) is 3.86. The van der Waals surface area contributed by atoms with E-state index in [0.29, 0.717) is 0 Å². The van der Waals surface area contributed by atoms with E-state index in [1.807, 2.05) is 0 Å². The minimum atomic E-state index is -2.05. The van der Waals surface area contributed by atoms with Crippen molar-refractivity contribution < 1.29 is 29.0 Å². The molecule has 0 aromatic heterocycles. The molecular formula is C16H17NO6. The molecule has 122 valence electrons. The number of ketones is 1. The molecule has 1 aromatic carbocycles. The monoisotopic (exact) mass is 319 g/mol. The molecule has 2 rings (SSSR count). The Labute approximate surface area is 132 Å². The van der Waals surface area contributed by atoms with Gasteiger partial charge in [-0.15, -0.1) is 0 Å². The Kier molecular flexibility index (Phi) is 4.60. The molecule has 0 aliphatic carbocycles. The zero-order chi connectivity index (χ0) is 17.2. The predicted molar refractivity (Wildman–Crippen MR) is 79.1 cm³/mol. The fraction of sp³-hybridized carbons (Fsp3) is 0.375. The molecule has 23 heavy (non-hydrogen) atoms. The molecule has 0 bridgehead atoms. The van der Waals surface area contributed by atoms with Gasteiger partial charge in [-0.3, -0.25) is 19.3 Å². The van der Waals surface area contributed by atoms with Crippen molar-refractivity contribution in [1.82, 2.24) is 4.90 Å². The number of carbonyl (C=O) groups is 4. The lowest BCUT2D eigenvalue weighted by atomic mass is 9.94. The van der Waals surface area contributed by atoms with Gasteiger partial charge in [-0.1, -0.05) is 19.1 Å². The molecule has 0 saturated heterocycles. The molecule has 0 radical (unpaired) electrons. The van der Waals surface area contributed by atoms with Crippen molar-refractivity contribution in [2.24, 2.45) is 0 Å². The van der Waals surface area contributed by atoms with Crippen LogP contribution in [0.5, 0.6) is 0 Å². The van der Waals surface area contributed by atoms with Gasteiger partial charge < -0.3 is 9.84 Å². The van der Waals surface area contributed by atoms with Crippen LogP contribution in [-0.4, -0.2) is 52.3 Å². The molecule has 0 fully saturated rings. The summed E-state index contributed by atoms with van der Waals surface area (Å²) in [7, 11) is 0. The van der Waals surface area contributed by atoms with E-state index in [-0.39, 0.29) is 24.2 Å². The van der Waals surface area contributed by atoms with Crippen LogP contribution in [0.1, 0.15) is 41.0 Å². The Balaban J connectivity index is 2.29. The van der Waals surface area contributed by atoms with Crippen molar-refractivity contribution in [1.29, 1.82) is 0 Å². The summed E-state index contributed by atoms with van der Waals surface area (Å²) in [6.07, 6.45) is -0.0990. The number of nitrogens with zero attached hydrogens (tertiary/aromatic N) is 1. The molecule has 1 aliphatic heterocycles. The lowest BCUT2D eigenvalue weighted by Crippen LogP contribution is -2.53. The summed E-state index contributed by atoms with van der Waals surface area (Å²) < 4.78 is 5.16. The Bertz CT molecular complexity index is 648. The van der Waals surface area contributed by atoms with Crippen molar-refractivity contribution in [3.05, 3.63) is 35.4 Å². The van der Waals surface area contributed by atoms with Gasteiger partial charge in [0, 0.05) is 6.61 Å². The molecule has 7 heteroatoms. The highest BCUT2D eigenvalue weighted by molar-refractivity contribution is 6.23. The highest BCUT2D eigenvalue weighted by atomic mass is 16.5. The van der Waals surface area contributed by atoms with Crippen LogP contribution in [0.4, 0.5) is 0 Å². The van der Waals surface area contributed by atoms with Crippen LogP contribution in [0, 0.1) is 0 Å². The molecule has 1 aromatic rings. The van der Waals surface area contributed by atoms with Gasteiger partial charge in [0.1, 0.15) is 0 Å². The maximum Gasteiger partial charge on any atom is 0.343 e. The minimum absolute atomic E-state index is 0.0218. The molecule has 0 spiro atoms. The quantitative estimate of drug-likeness (QED) is 0.597. The second kappa shape index (κ2) is 6.29. The highest BCUT2D eigenvalue weighted by Gasteiger charge is 2.48. The van der Waals surface area contributed by atoms with Crippen LogP contribution in [0.25, 0.3) is 0 Å². The zero-order valence-corrected chi connectivity index (χ0v) is 12.9. The second-order valence-electron chi connectivity index (χ2n) is 5.08. The number of ether oxygens (including phenoxy) is 1. The molecule has 2 amide bonds. The summed E-state index contributed by atoms with van der Waals surface area (Å²) in [5.41, 5.74) is -1.64. The summed E-state index contributed by atoms with van der Waals surface area (Å²) in [5.74, 6) is -3.47. The van der Waals surface area contributed by atoms with E-state index in [0.717, 1.165) is 4.90 Å². The largest absolute Gasteiger partial charge is 0.479 e. The number of carbonyl (C=O) groups excluding carboxylic acids is 3. The molecule has 1 atom stereocenters. The van der Waals surface area contributed by atoms with Crippen molar-refractivity contribution >= 4 is 23.6 Å². The normalized spacial score (nSPS) is 16.2. The van der Waals surface area contributed by atoms with E-state index in [4.69, 9.17) is 4.74 Å². The standard InChI is InChI=1S/C16H17NO6/c1-3-16(15(21)22,23-4-2)12(18)9-17-13(19)10-7-5-6-8-11(10)14(17)20/h5-8H,3-4,9H2,1-2H3,(H,21,22). The maximum atomic E-state index is 12.5. The van der Waals surface area contributed by atoms with Crippen LogP contribution >= 0.6 is 0 Å². The number of benzene rings is 1. The second-order valence-corrected chi connectivity index (χ2v) is 5.08. The Hall–Kier alpha value is -2.54. The molecule has 1 unspecified atom stereocenters. The van der Waals surface area contributed by atoms with E-state index < -0.39 is 35.7 Å². The van der Waals surface area contributed by atoms with Gasteiger partial charge in [0.15, 0.2) is 5.78 Å². The molecule has 7 nitrogen and oxygen atoms in total. The fourth-order valence-electron chi connectivity index (χ4n) is 2.61. The van der Waals surface area contributed by atoms with Gasteiger partial charge in [-0.25, -0.2) is 4.79 Å². The number of carboxylic acids is 1. The summed E-state index contributed by atoms with van der Waals surface area (Å²) in [5, 5.41) is 9.37. The average molecular weight is 319 g/mol. The predicted octanol–water partition coefficient (Wildman–Crippen LogP) is 1.12. The van der Waals surface area contributed by atoms with E-state index in [1.165, 1.54) is 19.1 Å². The molecular weight excluding hydrogens is 302 g/mol. The molecule has 0 saturated carbocycles. The number of hydrogen-bond acceptors (Lipinski definition) is 5. The first-order valence-corrected chi connectivity index (χ1v) is 7.25. The van der Waals surface area contributed by atoms with Crippen molar-refractivity contribution in [3.63, 3.8) is 0 Å². The average Bonchev–Trinajstić information content (AvgIpc) is 2.77. The van der Waals surface area contributed by atoms with Crippen molar-refractivity contribution in [2.45, 2.75) is 25.9 Å². The first-order valence-electron chi connectivity index (χ1n) is 7.25. The van der Waals surface area contributed by atoms with Crippen LogP contribution in [0.2, 0.25) is 0 Å². The van der Waals surface area contributed by atoms with Crippen molar-refractivity contribution in [3.8, 4) is 0 Å². The first-order chi connectivity index (χ1) is 10.9. The summed E-state index contributed by atoms with van der Waals surface area (Å²) >= 11 is 0. The Morgan fingerprint density at radius 3 is 2.04 bits per heavy atom. The van der Waals surface area contributed by atoms with Crippen LogP contribution in [0.3, 0.4) is 0 Å². The number of Topliss-reactive ketones (excluding diaryl/α,β-unsaturated/α-hetero) is 1. The van der Waals surface area contributed by atoms with Gasteiger partial charge in [-0.05, 0) is 25.5 Å². The van der Waals surface area contributed by atoms with E-state index in [1.54, 1.807) is 19.1 Å². The van der Waals surface area contributed by atoms with E-state index >= 15 is 0 Å².